The van der Waals surface area contributed by atoms with Crippen molar-refractivity contribution < 1.29 is 14.3 Å². The number of carbonyl (C=O) groups is 1. The van der Waals surface area contributed by atoms with E-state index in [1.165, 1.54) is 17.7 Å². The normalized spacial score (nSPS) is 12.4. The Hall–Kier alpha value is -4.24. The van der Waals surface area contributed by atoms with E-state index in [-0.39, 0.29) is 12.7 Å². The summed E-state index contributed by atoms with van der Waals surface area (Å²) in [5, 5.41) is 6.76. The largest absolute Gasteiger partial charge is 0.454 e. The second-order valence-electron chi connectivity index (χ2n) is 8.01. The Labute approximate surface area is 198 Å². The zero-order chi connectivity index (χ0) is 23.2. The van der Waals surface area contributed by atoms with E-state index in [1.54, 1.807) is 11.6 Å². The molecule has 5 aromatic rings. The molecule has 0 saturated heterocycles. The molecular formula is C25H19N5O3S. The zero-order valence-corrected chi connectivity index (χ0v) is 19.0. The van der Waals surface area contributed by atoms with E-state index in [4.69, 9.17) is 15.2 Å². The van der Waals surface area contributed by atoms with Gasteiger partial charge in [0.05, 0.1) is 27.2 Å². The quantitative estimate of drug-likeness (QED) is 0.392. The summed E-state index contributed by atoms with van der Waals surface area (Å²) < 4.78 is 11.6. The van der Waals surface area contributed by atoms with E-state index in [1.807, 2.05) is 43.3 Å². The summed E-state index contributed by atoms with van der Waals surface area (Å²) in [7, 11) is 0. The highest BCUT2D eigenvalue weighted by atomic mass is 32.1. The molecule has 0 saturated carbocycles. The molecule has 0 aliphatic carbocycles. The first-order valence-corrected chi connectivity index (χ1v) is 11.5. The molecule has 0 radical (unpaired) electrons. The lowest BCUT2D eigenvalue weighted by atomic mass is 10.00. The van der Waals surface area contributed by atoms with Crippen LogP contribution < -0.4 is 20.5 Å². The van der Waals surface area contributed by atoms with Gasteiger partial charge in [0.2, 0.25) is 6.79 Å². The van der Waals surface area contributed by atoms with E-state index in [0.29, 0.717) is 28.0 Å². The van der Waals surface area contributed by atoms with E-state index in [2.05, 4.69) is 20.3 Å². The maximum Gasteiger partial charge on any atom is 0.258 e. The summed E-state index contributed by atoms with van der Waals surface area (Å²) >= 11 is 1.36. The number of nitrogens with zero attached hydrogens (tertiary/aromatic N) is 3. The minimum atomic E-state index is -0.242. The number of carbonyl (C=O) groups excluding carboxylic acids is 1. The number of anilines is 2. The molecule has 1 aliphatic heterocycles. The van der Waals surface area contributed by atoms with Crippen LogP contribution in [0, 0.1) is 6.92 Å². The molecule has 6 rings (SSSR count). The molecule has 1 aliphatic rings. The van der Waals surface area contributed by atoms with E-state index < -0.39 is 0 Å². The first-order valence-electron chi connectivity index (χ1n) is 10.6. The summed E-state index contributed by atoms with van der Waals surface area (Å²) in [6.07, 6.45) is 3.77. The minimum absolute atomic E-state index is 0.242. The summed E-state index contributed by atoms with van der Waals surface area (Å²) in [6.45, 7) is 2.21. The van der Waals surface area contributed by atoms with Gasteiger partial charge in [-0.2, -0.15) is 0 Å². The van der Waals surface area contributed by atoms with Crippen LogP contribution in [0.2, 0.25) is 0 Å². The smallest absolute Gasteiger partial charge is 0.258 e. The average Bonchev–Trinajstić information content (AvgIpc) is 3.48. The Morgan fingerprint density at radius 1 is 1.09 bits per heavy atom. The molecule has 1 amide bonds. The number of aryl methyl sites for hydroxylation is 1. The Kier molecular flexibility index (Phi) is 4.77. The van der Waals surface area contributed by atoms with Crippen LogP contribution in [0.3, 0.4) is 0 Å². The number of pyridine rings is 1. The fourth-order valence-electron chi connectivity index (χ4n) is 4.19. The highest BCUT2D eigenvalue weighted by molar-refractivity contribution is 7.18. The van der Waals surface area contributed by atoms with Crippen molar-refractivity contribution in [3.05, 3.63) is 76.7 Å². The Bertz CT molecular complexity index is 1600. The number of nitrogen functional groups attached to an aromatic ring is 1. The number of ether oxygens (including phenoxy) is 2. The van der Waals surface area contributed by atoms with Crippen molar-refractivity contribution in [2.45, 2.75) is 13.3 Å². The van der Waals surface area contributed by atoms with Crippen molar-refractivity contribution in [2.24, 2.45) is 0 Å². The van der Waals surface area contributed by atoms with Crippen molar-refractivity contribution in [3.63, 3.8) is 0 Å². The summed E-state index contributed by atoms with van der Waals surface area (Å²) in [6, 6.07) is 11.9. The van der Waals surface area contributed by atoms with Crippen molar-refractivity contribution in [1.82, 2.24) is 15.0 Å². The number of hydrogen-bond donors (Lipinski definition) is 2. The van der Waals surface area contributed by atoms with Gasteiger partial charge in [-0.05, 0) is 36.2 Å². The molecule has 8 nitrogen and oxygen atoms in total. The van der Waals surface area contributed by atoms with Crippen LogP contribution in [-0.4, -0.2) is 27.7 Å². The van der Waals surface area contributed by atoms with Gasteiger partial charge in [0.1, 0.15) is 12.1 Å². The standard InChI is InChI=1S/C25H19N5O3S/c1-13-2-4-15-16(6-7-27-18(15)8-14-3-5-19-20(9-14)33-12-32-19)21(13)30-25(31)17-10-34-23-22(17)28-11-29-24(23)26/h2-7,9-11H,8,12H2,1H3,(H,30,31)(H2,26,28,29). The molecule has 9 heteroatoms. The van der Waals surface area contributed by atoms with Crippen molar-refractivity contribution in [3.8, 4) is 11.5 Å². The second-order valence-corrected chi connectivity index (χ2v) is 8.89. The molecule has 0 unspecified atom stereocenters. The summed E-state index contributed by atoms with van der Waals surface area (Å²) in [4.78, 5) is 26.1. The third kappa shape index (κ3) is 3.37. The number of nitrogens with one attached hydrogen (secondary N) is 1. The van der Waals surface area contributed by atoms with Crippen molar-refractivity contribution in [2.75, 3.05) is 17.8 Å². The van der Waals surface area contributed by atoms with E-state index in [0.717, 1.165) is 44.8 Å². The lowest BCUT2D eigenvalue weighted by Gasteiger charge is -2.14. The van der Waals surface area contributed by atoms with Crippen LogP contribution in [0.15, 0.2) is 54.3 Å². The number of aromatic nitrogens is 3. The van der Waals surface area contributed by atoms with Gasteiger partial charge in [-0.25, -0.2) is 9.97 Å². The van der Waals surface area contributed by atoms with Gasteiger partial charge in [-0.3, -0.25) is 9.78 Å². The first-order chi connectivity index (χ1) is 16.6. The minimum Gasteiger partial charge on any atom is -0.454 e. The number of thiophene rings is 1. The Morgan fingerprint density at radius 3 is 2.88 bits per heavy atom. The van der Waals surface area contributed by atoms with Gasteiger partial charge in [-0.1, -0.05) is 18.2 Å². The van der Waals surface area contributed by atoms with Gasteiger partial charge in [0.25, 0.3) is 5.91 Å². The molecule has 168 valence electrons. The third-order valence-corrected chi connectivity index (χ3v) is 6.90. The Balaban J connectivity index is 1.37. The molecular weight excluding hydrogens is 450 g/mol. The number of fused-ring (bicyclic) bond motifs is 3. The SMILES string of the molecule is Cc1ccc2c(Cc3ccc4c(c3)OCO4)nccc2c1NC(=O)c1csc2c(N)ncnc12. The fourth-order valence-corrected chi connectivity index (χ4v) is 5.09. The molecule has 0 spiro atoms. The monoisotopic (exact) mass is 469 g/mol. The number of nitrogens with two attached hydrogens (primary N) is 1. The molecule has 2 aromatic carbocycles. The van der Waals surface area contributed by atoms with Crippen molar-refractivity contribution in [1.29, 1.82) is 0 Å². The van der Waals surface area contributed by atoms with Gasteiger partial charge < -0.3 is 20.5 Å². The fraction of sp³-hybridized carbons (Fsp3) is 0.120. The maximum atomic E-state index is 13.2. The molecule has 0 atom stereocenters. The maximum absolute atomic E-state index is 13.2. The van der Waals surface area contributed by atoms with Gasteiger partial charge in [0, 0.05) is 28.8 Å². The van der Waals surface area contributed by atoms with Crippen LogP contribution in [0.25, 0.3) is 21.0 Å². The highest BCUT2D eigenvalue weighted by Gasteiger charge is 2.19. The number of rotatable bonds is 4. The van der Waals surface area contributed by atoms with Gasteiger partial charge >= 0.3 is 0 Å². The number of amides is 1. The van der Waals surface area contributed by atoms with Crippen LogP contribution >= 0.6 is 11.3 Å². The molecule has 4 heterocycles. The summed E-state index contributed by atoms with van der Waals surface area (Å²) in [5.74, 6) is 1.63. The van der Waals surface area contributed by atoms with Gasteiger partial charge in [-0.15, -0.1) is 11.3 Å². The van der Waals surface area contributed by atoms with Gasteiger partial charge in [0.15, 0.2) is 11.5 Å². The average molecular weight is 470 g/mol. The number of hydrogen-bond acceptors (Lipinski definition) is 8. The van der Waals surface area contributed by atoms with Crippen LogP contribution in [-0.2, 0) is 6.42 Å². The van der Waals surface area contributed by atoms with E-state index >= 15 is 0 Å². The van der Waals surface area contributed by atoms with Crippen LogP contribution in [0.1, 0.15) is 27.2 Å². The predicted octanol–water partition coefficient (Wildman–Crippen LogP) is 4.70. The predicted molar refractivity (Wildman–Crippen MR) is 132 cm³/mol. The van der Waals surface area contributed by atoms with Crippen LogP contribution in [0.5, 0.6) is 11.5 Å². The van der Waals surface area contributed by atoms with E-state index in [9.17, 15) is 4.79 Å². The lowest BCUT2D eigenvalue weighted by molar-refractivity contribution is 0.102. The molecule has 3 aromatic heterocycles. The van der Waals surface area contributed by atoms with Crippen LogP contribution in [0.4, 0.5) is 11.5 Å². The molecule has 34 heavy (non-hydrogen) atoms. The first kappa shape index (κ1) is 20.4. The highest BCUT2D eigenvalue weighted by Crippen LogP contribution is 2.35. The second kappa shape index (κ2) is 7.96. The third-order valence-electron chi connectivity index (χ3n) is 5.91. The van der Waals surface area contributed by atoms with Crippen molar-refractivity contribution >= 4 is 49.7 Å². The summed E-state index contributed by atoms with van der Waals surface area (Å²) in [5.41, 5.74) is 10.6. The number of benzene rings is 2. The molecule has 0 bridgehead atoms. The topological polar surface area (TPSA) is 112 Å². The Morgan fingerprint density at radius 2 is 1.97 bits per heavy atom. The molecule has 3 N–H and O–H groups in total. The lowest BCUT2D eigenvalue weighted by Crippen LogP contribution is -2.13. The molecule has 0 fully saturated rings. The zero-order valence-electron chi connectivity index (χ0n) is 18.2.